The van der Waals surface area contributed by atoms with Gasteiger partial charge in [-0.1, -0.05) is 25.0 Å². The molecule has 11 heavy (non-hydrogen) atoms. The third kappa shape index (κ3) is 7.60. The summed E-state index contributed by atoms with van der Waals surface area (Å²) in [4.78, 5) is 0. The van der Waals surface area contributed by atoms with Crippen LogP contribution in [0.15, 0.2) is 11.6 Å². The van der Waals surface area contributed by atoms with Crippen LogP contribution < -0.4 is 0 Å². The molecule has 0 bridgehead atoms. The lowest BCUT2D eigenvalue weighted by atomic mass is 10.1. The van der Waals surface area contributed by atoms with Gasteiger partial charge in [-0.25, -0.2) is 0 Å². The second-order valence-electron chi connectivity index (χ2n) is 3.23. The Morgan fingerprint density at radius 3 is 2.64 bits per heavy atom. The zero-order valence-electron chi connectivity index (χ0n) is 7.93. The Morgan fingerprint density at radius 2 is 2.18 bits per heavy atom. The molecule has 0 aliphatic rings. The molecular formula is C10H20O. The first-order valence-electron chi connectivity index (χ1n) is 4.50. The maximum absolute atomic E-state index is 9.00. The van der Waals surface area contributed by atoms with Crippen LogP contribution in [0.2, 0.25) is 0 Å². The second kappa shape index (κ2) is 6.41. The van der Waals surface area contributed by atoms with E-state index >= 15 is 0 Å². The van der Waals surface area contributed by atoms with Gasteiger partial charge in [0.15, 0.2) is 0 Å². The number of aliphatic hydroxyl groups excluding tert-OH is 1. The molecule has 0 aromatic carbocycles. The van der Waals surface area contributed by atoms with Crippen LogP contribution in [0, 0.1) is 0 Å². The van der Waals surface area contributed by atoms with Gasteiger partial charge in [-0.05, 0) is 33.1 Å². The highest BCUT2D eigenvalue weighted by atomic mass is 16.3. The molecule has 0 heterocycles. The second-order valence-corrected chi connectivity index (χ2v) is 3.23. The fraction of sp³-hybridized carbons (Fsp3) is 0.800. The Hall–Kier alpha value is -0.300. The highest BCUT2D eigenvalue weighted by Crippen LogP contribution is 2.07. The summed E-state index contributed by atoms with van der Waals surface area (Å²) in [5.74, 6) is 0. The summed E-state index contributed by atoms with van der Waals surface area (Å²) < 4.78 is 0. The van der Waals surface area contributed by atoms with E-state index in [0.29, 0.717) is 0 Å². The minimum absolute atomic E-state index is 0.153. The van der Waals surface area contributed by atoms with Gasteiger partial charge in [0.1, 0.15) is 0 Å². The predicted octanol–water partition coefficient (Wildman–Crippen LogP) is 2.89. The Balaban J connectivity index is 3.42. The van der Waals surface area contributed by atoms with Crippen LogP contribution in [0.4, 0.5) is 0 Å². The molecule has 1 atom stereocenters. The lowest BCUT2D eigenvalue weighted by molar-refractivity contribution is 0.185. The van der Waals surface area contributed by atoms with Gasteiger partial charge in [-0.3, -0.25) is 0 Å². The highest BCUT2D eigenvalue weighted by molar-refractivity contribution is 4.97. The van der Waals surface area contributed by atoms with E-state index in [-0.39, 0.29) is 6.10 Å². The lowest BCUT2D eigenvalue weighted by Gasteiger charge is -2.03. The Bertz CT molecular complexity index is 114. The number of rotatable bonds is 5. The molecule has 0 aromatic rings. The van der Waals surface area contributed by atoms with Crippen molar-refractivity contribution in [3.63, 3.8) is 0 Å². The molecule has 0 aliphatic carbocycles. The molecule has 0 aromatic heterocycles. The van der Waals surface area contributed by atoms with Crippen molar-refractivity contribution in [2.75, 3.05) is 0 Å². The maximum atomic E-state index is 9.00. The van der Waals surface area contributed by atoms with E-state index in [1.54, 1.807) is 0 Å². The van der Waals surface area contributed by atoms with E-state index in [2.05, 4.69) is 19.9 Å². The van der Waals surface area contributed by atoms with Gasteiger partial charge in [0, 0.05) is 0 Å². The van der Waals surface area contributed by atoms with E-state index in [0.717, 1.165) is 12.8 Å². The SMILES string of the molecule is CCC/C=C(\C)CCC(C)O. The summed E-state index contributed by atoms with van der Waals surface area (Å²) in [7, 11) is 0. The van der Waals surface area contributed by atoms with Crippen molar-refractivity contribution in [2.24, 2.45) is 0 Å². The minimum atomic E-state index is -0.153. The van der Waals surface area contributed by atoms with Gasteiger partial charge in [0.05, 0.1) is 6.10 Å². The fourth-order valence-electron chi connectivity index (χ4n) is 0.929. The van der Waals surface area contributed by atoms with E-state index in [1.165, 1.54) is 18.4 Å². The van der Waals surface area contributed by atoms with Crippen molar-refractivity contribution in [3.05, 3.63) is 11.6 Å². The first kappa shape index (κ1) is 10.7. The van der Waals surface area contributed by atoms with E-state index in [9.17, 15) is 0 Å². The van der Waals surface area contributed by atoms with E-state index < -0.39 is 0 Å². The van der Waals surface area contributed by atoms with Crippen molar-refractivity contribution in [3.8, 4) is 0 Å². The number of aliphatic hydroxyl groups is 1. The van der Waals surface area contributed by atoms with Crippen LogP contribution in [0.25, 0.3) is 0 Å². The Kier molecular flexibility index (Phi) is 6.24. The van der Waals surface area contributed by atoms with Gasteiger partial charge >= 0.3 is 0 Å². The Labute approximate surface area is 70.1 Å². The first-order chi connectivity index (χ1) is 5.16. The van der Waals surface area contributed by atoms with Crippen LogP contribution in [0.1, 0.15) is 46.5 Å². The molecule has 0 fully saturated rings. The van der Waals surface area contributed by atoms with Gasteiger partial charge < -0.3 is 5.11 Å². The summed E-state index contributed by atoms with van der Waals surface area (Å²) in [5.41, 5.74) is 1.41. The van der Waals surface area contributed by atoms with Crippen LogP contribution >= 0.6 is 0 Å². The van der Waals surface area contributed by atoms with Crippen molar-refractivity contribution in [1.29, 1.82) is 0 Å². The van der Waals surface area contributed by atoms with Crippen LogP contribution in [0.5, 0.6) is 0 Å². The molecule has 1 N–H and O–H groups in total. The summed E-state index contributed by atoms with van der Waals surface area (Å²) >= 11 is 0. The monoisotopic (exact) mass is 156 g/mol. The molecule has 0 spiro atoms. The number of unbranched alkanes of at least 4 members (excludes halogenated alkanes) is 1. The average Bonchev–Trinajstić information content (AvgIpc) is 1.97. The zero-order valence-corrected chi connectivity index (χ0v) is 7.93. The minimum Gasteiger partial charge on any atom is -0.393 e. The molecule has 0 radical (unpaired) electrons. The molecular weight excluding hydrogens is 136 g/mol. The zero-order chi connectivity index (χ0) is 8.69. The normalized spacial score (nSPS) is 15.1. The summed E-state index contributed by atoms with van der Waals surface area (Å²) in [5, 5.41) is 9.00. The molecule has 0 amide bonds. The number of hydrogen-bond donors (Lipinski definition) is 1. The van der Waals surface area contributed by atoms with Gasteiger partial charge in [0.25, 0.3) is 0 Å². The predicted molar refractivity (Wildman–Crippen MR) is 49.6 cm³/mol. The molecule has 0 saturated carbocycles. The molecule has 1 unspecified atom stereocenters. The first-order valence-corrected chi connectivity index (χ1v) is 4.50. The lowest BCUT2D eigenvalue weighted by Crippen LogP contribution is -1.98. The third-order valence-corrected chi connectivity index (χ3v) is 1.74. The van der Waals surface area contributed by atoms with Gasteiger partial charge in [-0.2, -0.15) is 0 Å². The molecule has 0 saturated heterocycles. The molecule has 1 nitrogen and oxygen atoms in total. The summed E-state index contributed by atoms with van der Waals surface area (Å²) in [6, 6.07) is 0. The van der Waals surface area contributed by atoms with Crippen LogP contribution in [0.3, 0.4) is 0 Å². The third-order valence-electron chi connectivity index (χ3n) is 1.74. The fourth-order valence-corrected chi connectivity index (χ4v) is 0.929. The van der Waals surface area contributed by atoms with Crippen molar-refractivity contribution >= 4 is 0 Å². The van der Waals surface area contributed by atoms with Gasteiger partial charge in [-0.15, -0.1) is 0 Å². The maximum Gasteiger partial charge on any atom is 0.0515 e. The van der Waals surface area contributed by atoms with E-state index in [4.69, 9.17) is 5.11 Å². The largest absolute Gasteiger partial charge is 0.393 e. The summed E-state index contributed by atoms with van der Waals surface area (Å²) in [6.07, 6.45) is 6.43. The standard InChI is InChI=1S/C10H20O/c1-4-5-6-9(2)7-8-10(3)11/h6,10-11H,4-5,7-8H2,1-3H3/b9-6+. The average molecular weight is 156 g/mol. The molecule has 0 aliphatic heterocycles. The number of allylic oxidation sites excluding steroid dienone is 2. The Morgan fingerprint density at radius 1 is 1.55 bits per heavy atom. The van der Waals surface area contributed by atoms with Crippen molar-refractivity contribution in [2.45, 2.75) is 52.6 Å². The topological polar surface area (TPSA) is 20.2 Å². The molecule has 0 rings (SSSR count). The van der Waals surface area contributed by atoms with Crippen molar-refractivity contribution < 1.29 is 5.11 Å². The molecule has 66 valence electrons. The number of hydrogen-bond acceptors (Lipinski definition) is 1. The van der Waals surface area contributed by atoms with Crippen LogP contribution in [-0.4, -0.2) is 11.2 Å². The molecule has 1 heteroatoms. The van der Waals surface area contributed by atoms with Crippen LogP contribution in [-0.2, 0) is 0 Å². The smallest absolute Gasteiger partial charge is 0.0515 e. The van der Waals surface area contributed by atoms with Gasteiger partial charge in [0.2, 0.25) is 0 Å². The van der Waals surface area contributed by atoms with E-state index in [1.807, 2.05) is 6.92 Å². The van der Waals surface area contributed by atoms with Crippen molar-refractivity contribution in [1.82, 2.24) is 0 Å². The quantitative estimate of drug-likeness (QED) is 0.607. The highest BCUT2D eigenvalue weighted by Gasteiger charge is 1.95. The summed E-state index contributed by atoms with van der Waals surface area (Å²) in [6.45, 7) is 6.16.